The van der Waals surface area contributed by atoms with Crippen molar-refractivity contribution in [2.24, 2.45) is 0 Å². The van der Waals surface area contributed by atoms with E-state index in [1.54, 1.807) is 23.0 Å². The molecule has 5 rings (SSSR count). The number of anilines is 1. The van der Waals surface area contributed by atoms with Gasteiger partial charge < -0.3 is 15.0 Å². The second-order valence-electron chi connectivity index (χ2n) is 8.50. The minimum absolute atomic E-state index is 0.252. The number of nitrogens with one attached hydrogen (secondary N) is 2. The number of hydrogen-bond acceptors (Lipinski definition) is 8. The van der Waals surface area contributed by atoms with E-state index in [1.165, 1.54) is 11.3 Å². The normalized spacial score (nSPS) is 16.9. The summed E-state index contributed by atoms with van der Waals surface area (Å²) in [5.41, 5.74) is 5.70. The first kappa shape index (κ1) is 20.9. The highest BCUT2D eigenvalue weighted by Gasteiger charge is 2.27. The van der Waals surface area contributed by atoms with Crippen LogP contribution in [0.5, 0.6) is 5.75 Å². The second kappa shape index (κ2) is 8.18. The molecule has 32 heavy (non-hydrogen) atoms. The van der Waals surface area contributed by atoms with Gasteiger partial charge in [0.2, 0.25) is 0 Å². The Hall–Kier alpha value is -2.98. The number of methoxy groups -OCH3 is 1. The van der Waals surface area contributed by atoms with Crippen LogP contribution in [-0.2, 0) is 0 Å². The number of rotatable bonds is 5. The topological polar surface area (TPSA) is 96.3 Å². The van der Waals surface area contributed by atoms with Crippen molar-refractivity contribution in [3.8, 4) is 27.7 Å². The Bertz CT molecular complexity index is 1260. The van der Waals surface area contributed by atoms with Crippen molar-refractivity contribution < 1.29 is 4.74 Å². The smallest absolute Gasteiger partial charge is 0.197 e. The lowest BCUT2D eigenvalue weighted by Crippen LogP contribution is -2.49. The maximum Gasteiger partial charge on any atom is 0.197 e. The zero-order valence-corrected chi connectivity index (χ0v) is 19.8. The van der Waals surface area contributed by atoms with Gasteiger partial charge >= 0.3 is 0 Å². The quantitative estimate of drug-likeness (QED) is 0.478. The van der Waals surface area contributed by atoms with E-state index in [9.17, 15) is 0 Å². The van der Waals surface area contributed by atoms with Crippen LogP contribution in [0.25, 0.3) is 27.6 Å². The molecule has 1 atom stereocenters. The van der Waals surface area contributed by atoms with E-state index in [1.807, 2.05) is 12.3 Å². The molecule has 1 saturated heterocycles. The van der Waals surface area contributed by atoms with Gasteiger partial charge in [0, 0.05) is 43.0 Å². The number of piperazine rings is 1. The summed E-state index contributed by atoms with van der Waals surface area (Å²) >= 11 is 1.73. The molecule has 4 aromatic heterocycles. The maximum absolute atomic E-state index is 5.56. The van der Waals surface area contributed by atoms with Crippen molar-refractivity contribution in [2.75, 3.05) is 31.6 Å². The van der Waals surface area contributed by atoms with E-state index < -0.39 is 0 Å². The highest BCUT2D eigenvalue weighted by molar-refractivity contribution is 7.19. The number of pyridine rings is 1. The summed E-state index contributed by atoms with van der Waals surface area (Å²) in [5, 5.41) is 17.9. The summed E-state index contributed by atoms with van der Waals surface area (Å²) in [7, 11) is 1.65. The third-order valence-corrected chi connectivity index (χ3v) is 7.17. The van der Waals surface area contributed by atoms with Crippen LogP contribution in [0.15, 0.2) is 18.6 Å². The molecule has 0 spiro atoms. The lowest BCUT2D eigenvalue weighted by atomic mass is 9.97. The second-order valence-corrected chi connectivity index (χ2v) is 9.47. The van der Waals surface area contributed by atoms with E-state index in [0.717, 1.165) is 52.9 Å². The van der Waals surface area contributed by atoms with Crippen molar-refractivity contribution >= 4 is 22.0 Å². The van der Waals surface area contributed by atoms with Crippen LogP contribution in [0.1, 0.15) is 37.9 Å². The SMILES string of the molecule is COc1cc(-c2[nH]nc(-c3nc(C)c(N4CCNC[C@H]4C)s3)c2C(C)C)cn2ncnc12. The number of fused-ring (bicyclic) bond motifs is 1. The Kier molecular flexibility index (Phi) is 5.34. The number of ether oxygens (including phenoxy) is 1. The molecule has 0 radical (unpaired) electrons. The van der Waals surface area contributed by atoms with Gasteiger partial charge in [-0.2, -0.15) is 10.2 Å². The lowest BCUT2D eigenvalue weighted by Gasteiger charge is -2.34. The van der Waals surface area contributed by atoms with Gasteiger partial charge in [-0.15, -0.1) is 0 Å². The lowest BCUT2D eigenvalue weighted by molar-refractivity contribution is 0.416. The van der Waals surface area contributed by atoms with Gasteiger partial charge in [0.1, 0.15) is 22.0 Å². The molecule has 0 unspecified atom stereocenters. The fourth-order valence-corrected chi connectivity index (χ4v) is 5.58. The number of aromatic amines is 1. The van der Waals surface area contributed by atoms with Gasteiger partial charge in [-0.05, 0) is 25.8 Å². The van der Waals surface area contributed by atoms with Crippen molar-refractivity contribution in [3.05, 3.63) is 29.8 Å². The number of hydrogen-bond donors (Lipinski definition) is 2. The molecule has 1 aliphatic heterocycles. The number of thiazole rings is 1. The number of aryl methyl sites for hydroxylation is 1. The van der Waals surface area contributed by atoms with E-state index in [4.69, 9.17) is 14.8 Å². The summed E-state index contributed by atoms with van der Waals surface area (Å²) in [5.74, 6) is 0.924. The van der Waals surface area contributed by atoms with E-state index in [-0.39, 0.29) is 5.92 Å². The molecule has 1 aliphatic rings. The average molecular weight is 453 g/mol. The Morgan fingerprint density at radius 2 is 2.16 bits per heavy atom. The molecule has 0 aliphatic carbocycles. The number of nitrogens with zero attached hydrogens (tertiary/aromatic N) is 6. The van der Waals surface area contributed by atoms with Gasteiger partial charge in [-0.1, -0.05) is 25.2 Å². The van der Waals surface area contributed by atoms with Crippen molar-refractivity contribution in [3.63, 3.8) is 0 Å². The maximum atomic E-state index is 5.56. The molecule has 0 aromatic carbocycles. The van der Waals surface area contributed by atoms with Crippen molar-refractivity contribution in [1.82, 2.24) is 35.1 Å². The first-order valence-corrected chi connectivity index (χ1v) is 11.7. The Labute approximate surface area is 190 Å². The molecule has 0 saturated carbocycles. The molecule has 10 heteroatoms. The highest BCUT2D eigenvalue weighted by atomic mass is 32.1. The zero-order valence-electron chi connectivity index (χ0n) is 19.0. The van der Waals surface area contributed by atoms with Gasteiger partial charge in [0.05, 0.1) is 18.5 Å². The van der Waals surface area contributed by atoms with Crippen LogP contribution in [0.3, 0.4) is 0 Å². The molecule has 168 valence electrons. The number of H-pyrrole nitrogens is 1. The molecule has 1 fully saturated rings. The Morgan fingerprint density at radius 1 is 1.31 bits per heavy atom. The Morgan fingerprint density at radius 3 is 2.91 bits per heavy atom. The highest BCUT2D eigenvalue weighted by Crippen LogP contribution is 2.41. The van der Waals surface area contributed by atoms with Gasteiger partial charge in [0.25, 0.3) is 0 Å². The fraction of sp³-hybridized carbons (Fsp3) is 0.455. The molecule has 0 amide bonds. The largest absolute Gasteiger partial charge is 0.493 e. The first-order chi connectivity index (χ1) is 15.5. The predicted molar refractivity (Wildman–Crippen MR) is 127 cm³/mol. The zero-order chi connectivity index (χ0) is 22.4. The minimum Gasteiger partial charge on any atom is -0.493 e. The summed E-state index contributed by atoms with van der Waals surface area (Å²) in [6, 6.07) is 2.42. The van der Waals surface area contributed by atoms with Crippen LogP contribution in [0.4, 0.5) is 5.00 Å². The molecular formula is C22H28N8OS. The van der Waals surface area contributed by atoms with Gasteiger partial charge in [0.15, 0.2) is 11.4 Å². The fourth-order valence-electron chi connectivity index (χ4n) is 4.38. The summed E-state index contributed by atoms with van der Waals surface area (Å²) in [6.45, 7) is 11.7. The number of aromatic nitrogens is 6. The third-order valence-electron chi connectivity index (χ3n) is 5.97. The van der Waals surface area contributed by atoms with E-state index in [0.29, 0.717) is 17.4 Å². The first-order valence-electron chi connectivity index (χ1n) is 10.9. The van der Waals surface area contributed by atoms with Crippen molar-refractivity contribution in [2.45, 2.75) is 39.7 Å². The molecule has 0 bridgehead atoms. The predicted octanol–water partition coefficient (Wildman–Crippen LogP) is 3.48. The average Bonchev–Trinajstić information content (AvgIpc) is 3.51. The van der Waals surface area contributed by atoms with Gasteiger partial charge in [-0.3, -0.25) is 5.10 Å². The van der Waals surface area contributed by atoms with Crippen LogP contribution in [-0.4, -0.2) is 62.6 Å². The monoisotopic (exact) mass is 452 g/mol. The Balaban J connectivity index is 1.60. The van der Waals surface area contributed by atoms with Crippen LogP contribution >= 0.6 is 11.3 Å². The van der Waals surface area contributed by atoms with E-state index >= 15 is 0 Å². The third kappa shape index (κ3) is 3.43. The van der Waals surface area contributed by atoms with E-state index in [2.05, 4.69) is 53.1 Å². The molecule has 9 nitrogen and oxygen atoms in total. The van der Waals surface area contributed by atoms with Crippen LogP contribution in [0, 0.1) is 6.92 Å². The molecule has 2 N–H and O–H groups in total. The molecular weight excluding hydrogens is 424 g/mol. The summed E-state index contributed by atoms with van der Waals surface area (Å²) < 4.78 is 7.29. The molecule has 4 aromatic rings. The van der Waals surface area contributed by atoms with Crippen LogP contribution < -0.4 is 15.0 Å². The standard InChI is InChI=1S/C22H28N8OS/c1-12(2)17-18(15-8-16(31-5)20-24-11-25-30(20)10-15)27-28-19(17)21-26-14(4)22(32-21)29-7-6-23-9-13(29)3/h8,10-13,23H,6-7,9H2,1-5H3,(H,27,28)/t13-/m1/s1. The minimum atomic E-state index is 0.252. The van der Waals surface area contributed by atoms with Gasteiger partial charge in [-0.25, -0.2) is 14.5 Å². The summed E-state index contributed by atoms with van der Waals surface area (Å²) in [6.07, 6.45) is 3.48. The van der Waals surface area contributed by atoms with Crippen LogP contribution in [0.2, 0.25) is 0 Å². The van der Waals surface area contributed by atoms with Crippen molar-refractivity contribution in [1.29, 1.82) is 0 Å². The molecule has 5 heterocycles. The summed E-state index contributed by atoms with van der Waals surface area (Å²) in [4.78, 5) is 11.7.